The number of benzene rings is 1. The van der Waals surface area contributed by atoms with Gasteiger partial charge < -0.3 is 4.90 Å². The van der Waals surface area contributed by atoms with E-state index in [1.165, 1.54) is 23.8 Å². The van der Waals surface area contributed by atoms with Crippen LogP contribution in [0.15, 0.2) is 23.6 Å². The zero-order valence-electron chi connectivity index (χ0n) is 15.1. The zero-order chi connectivity index (χ0) is 18.1. The number of amides is 2. The Labute approximate surface area is 152 Å². The molecule has 1 aliphatic rings. The molecule has 2 aromatic rings. The number of carbonyl (C=O) groups excluding carboxylic acids is 2. The maximum atomic E-state index is 12.4. The standard InChI is InChI=1S/C19H23N3O2S/c1-12(2)18(24)22-9-5-6-15-10-14(7-8-17(15)22)16-11-25-19(20-16)21(4)13(3)23/h7-8,10-12H,5-6,9H2,1-4H3. The Hall–Kier alpha value is -2.21. The van der Waals surface area contributed by atoms with Gasteiger partial charge in [0.15, 0.2) is 5.13 Å². The van der Waals surface area contributed by atoms with Gasteiger partial charge in [0.05, 0.1) is 5.69 Å². The van der Waals surface area contributed by atoms with Crippen molar-refractivity contribution in [3.05, 3.63) is 29.1 Å². The van der Waals surface area contributed by atoms with E-state index in [4.69, 9.17) is 0 Å². The van der Waals surface area contributed by atoms with Crippen LogP contribution in [0, 0.1) is 5.92 Å². The Morgan fingerprint density at radius 2 is 2.08 bits per heavy atom. The molecule has 1 aliphatic heterocycles. The number of anilines is 2. The average molecular weight is 357 g/mol. The monoisotopic (exact) mass is 357 g/mol. The fourth-order valence-corrected chi connectivity index (χ4v) is 3.83. The Morgan fingerprint density at radius 3 is 2.76 bits per heavy atom. The molecular weight excluding hydrogens is 334 g/mol. The summed E-state index contributed by atoms with van der Waals surface area (Å²) in [7, 11) is 1.73. The molecule has 0 bridgehead atoms. The summed E-state index contributed by atoms with van der Waals surface area (Å²) < 4.78 is 0. The number of hydrogen-bond donors (Lipinski definition) is 0. The molecule has 0 aliphatic carbocycles. The van der Waals surface area contributed by atoms with Crippen molar-refractivity contribution in [2.45, 2.75) is 33.6 Å². The minimum absolute atomic E-state index is 0.00570. The molecule has 2 amide bonds. The van der Waals surface area contributed by atoms with Gasteiger partial charge in [-0.25, -0.2) is 4.98 Å². The number of carbonyl (C=O) groups is 2. The van der Waals surface area contributed by atoms with E-state index in [1.54, 1.807) is 11.9 Å². The number of hydrogen-bond acceptors (Lipinski definition) is 4. The molecule has 1 aromatic carbocycles. The van der Waals surface area contributed by atoms with E-state index in [-0.39, 0.29) is 17.7 Å². The van der Waals surface area contributed by atoms with Crippen LogP contribution in [0.5, 0.6) is 0 Å². The van der Waals surface area contributed by atoms with Crippen molar-refractivity contribution in [1.29, 1.82) is 0 Å². The molecule has 0 spiro atoms. The number of nitrogens with zero attached hydrogens (tertiary/aromatic N) is 3. The first-order valence-corrected chi connectivity index (χ1v) is 9.41. The van der Waals surface area contributed by atoms with Crippen molar-refractivity contribution in [3.63, 3.8) is 0 Å². The van der Waals surface area contributed by atoms with Crippen molar-refractivity contribution >= 4 is 34.0 Å². The van der Waals surface area contributed by atoms with Crippen LogP contribution in [-0.4, -0.2) is 30.4 Å². The quantitative estimate of drug-likeness (QED) is 0.841. The molecule has 3 rings (SSSR count). The fourth-order valence-electron chi connectivity index (χ4n) is 2.98. The van der Waals surface area contributed by atoms with E-state index < -0.39 is 0 Å². The minimum atomic E-state index is -0.0332. The number of thiazole rings is 1. The van der Waals surface area contributed by atoms with E-state index >= 15 is 0 Å². The normalized spacial score (nSPS) is 13.7. The molecule has 5 nitrogen and oxygen atoms in total. The van der Waals surface area contributed by atoms with Gasteiger partial charge in [0.25, 0.3) is 0 Å². The number of aryl methyl sites for hydroxylation is 1. The summed E-state index contributed by atoms with van der Waals surface area (Å²) in [5.41, 5.74) is 4.09. The van der Waals surface area contributed by atoms with Crippen molar-refractivity contribution in [1.82, 2.24) is 4.98 Å². The first-order valence-electron chi connectivity index (χ1n) is 8.53. The Kier molecular flexibility index (Phi) is 4.90. The van der Waals surface area contributed by atoms with Crippen LogP contribution in [-0.2, 0) is 16.0 Å². The molecule has 0 saturated carbocycles. The van der Waals surface area contributed by atoms with E-state index in [9.17, 15) is 9.59 Å². The molecule has 0 saturated heterocycles. The van der Waals surface area contributed by atoms with Gasteiger partial charge in [0.1, 0.15) is 0 Å². The summed E-state index contributed by atoms with van der Waals surface area (Å²) in [6.07, 6.45) is 1.94. The molecule has 1 aromatic heterocycles. The molecule has 0 N–H and O–H groups in total. The second-order valence-corrected chi connectivity index (χ2v) is 7.52. The predicted octanol–water partition coefficient (Wildman–Crippen LogP) is 3.73. The average Bonchev–Trinajstić information content (AvgIpc) is 3.09. The lowest BCUT2D eigenvalue weighted by atomic mass is 9.97. The van der Waals surface area contributed by atoms with Crippen molar-refractivity contribution in [2.24, 2.45) is 5.92 Å². The van der Waals surface area contributed by atoms with E-state index in [0.29, 0.717) is 5.13 Å². The van der Waals surface area contributed by atoms with Gasteiger partial charge in [-0.05, 0) is 30.5 Å². The lowest BCUT2D eigenvalue weighted by Crippen LogP contribution is -2.38. The van der Waals surface area contributed by atoms with Crippen LogP contribution >= 0.6 is 11.3 Å². The number of fused-ring (bicyclic) bond motifs is 1. The highest BCUT2D eigenvalue weighted by Gasteiger charge is 2.24. The van der Waals surface area contributed by atoms with Gasteiger partial charge in [0, 0.05) is 43.1 Å². The molecule has 132 valence electrons. The SMILES string of the molecule is CC(=O)N(C)c1nc(-c2ccc3c(c2)CCCN3C(=O)C(C)C)cs1. The third-order valence-electron chi connectivity index (χ3n) is 4.51. The van der Waals surface area contributed by atoms with Crippen LogP contribution in [0.4, 0.5) is 10.8 Å². The molecule has 0 unspecified atom stereocenters. The summed E-state index contributed by atoms with van der Waals surface area (Å²) in [5, 5.41) is 2.66. The molecule has 2 heterocycles. The van der Waals surface area contributed by atoms with Crippen molar-refractivity contribution in [3.8, 4) is 11.3 Å². The van der Waals surface area contributed by atoms with Crippen LogP contribution in [0.25, 0.3) is 11.3 Å². The van der Waals surface area contributed by atoms with E-state index in [1.807, 2.05) is 36.3 Å². The lowest BCUT2D eigenvalue weighted by molar-refractivity contribution is -0.121. The largest absolute Gasteiger partial charge is 0.312 e. The second kappa shape index (κ2) is 6.96. The predicted molar refractivity (Wildman–Crippen MR) is 102 cm³/mol. The van der Waals surface area contributed by atoms with Crippen LogP contribution in [0.2, 0.25) is 0 Å². The molecular formula is C19H23N3O2S. The van der Waals surface area contributed by atoms with Crippen LogP contribution in [0.1, 0.15) is 32.8 Å². The van der Waals surface area contributed by atoms with Gasteiger partial charge in [-0.3, -0.25) is 14.5 Å². The minimum Gasteiger partial charge on any atom is -0.312 e. The van der Waals surface area contributed by atoms with Crippen LogP contribution < -0.4 is 9.80 Å². The van der Waals surface area contributed by atoms with Gasteiger partial charge in [-0.15, -0.1) is 11.3 Å². The smallest absolute Gasteiger partial charge is 0.229 e. The summed E-state index contributed by atoms with van der Waals surface area (Å²) in [4.78, 5) is 32.0. The topological polar surface area (TPSA) is 53.5 Å². The van der Waals surface area contributed by atoms with Crippen molar-refractivity contribution < 1.29 is 9.59 Å². The first kappa shape index (κ1) is 17.6. The van der Waals surface area contributed by atoms with E-state index in [0.717, 1.165) is 36.3 Å². The van der Waals surface area contributed by atoms with Gasteiger partial charge in [-0.1, -0.05) is 19.9 Å². The maximum Gasteiger partial charge on any atom is 0.229 e. The number of rotatable bonds is 3. The molecule has 0 radical (unpaired) electrons. The second-order valence-electron chi connectivity index (χ2n) is 6.68. The Balaban J connectivity index is 1.91. The molecule has 6 heteroatoms. The Morgan fingerprint density at radius 1 is 1.32 bits per heavy atom. The summed E-state index contributed by atoms with van der Waals surface area (Å²) in [6.45, 7) is 6.19. The van der Waals surface area contributed by atoms with Gasteiger partial charge in [-0.2, -0.15) is 0 Å². The maximum absolute atomic E-state index is 12.4. The molecule has 25 heavy (non-hydrogen) atoms. The fraction of sp³-hybridized carbons (Fsp3) is 0.421. The third kappa shape index (κ3) is 3.44. The van der Waals surface area contributed by atoms with Gasteiger partial charge in [0.2, 0.25) is 11.8 Å². The van der Waals surface area contributed by atoms with E-state index in [2.05, 4.69) is 11.1 Å². The zero-order valence-corrected chi connectivity index (χ0v) is 15.9. The molecule has 0 fully saturated rings. The number of aromatic nitrogens is 1. The summed E-state index contributed by atoms with van der Waals surface area (Å²) >= 11 is 1.46. The third-order valence-corrected chi connectivity index (χ3v) is 5.42. The lowest BCUT2D eigenvalue weighted by Gasteiger charge is -2.31. The summed E-state index contributed by atoms with van der Waals surface area (Å²) in [5.74, 6) is 0.135. The van der Waals surface area contributed by atoms with Gasteiger partial charge >= 0.3 is 0 Å². The van der Waals surface area contributed by atoms with Crippen LogP contribution in [0.3, 0.4) is 0 Å². The summed E-state index contributed by atoms with van der Waals surface area (Å²) in [6, 6.07) is 6.16. The van der Waals surface area contributed by atoms with Crippen molar-refractivity contribution in [2.75, 3.05) is 23.4 Å². The Bertz CT molecular complexity index is 813. The first-order chi connectivity index (χ1) is 11.9. The highest BCUT2D eigenvalue weighted by molar-refractivity contribution is 7.14. The highest BCUT2D eigenvalue weighted by Crippen LogP contribution is 2.34. The molecule has 0 atom stereocenters. The highest BCUT2D eigenvalue weighted by atomic mass is 32.1.